The van der Waals surface area contributed by atoms with E-state index >= 15 is 0 Å². The number of hydrogen-bond acceptors (Lipinski definition) is 3. The number of Topliss-reactive ketones (excluding diaryl/α,β-unsaturated/α-hetero) is 1. The summed E-state index contributed by atoms with van der Waals surface area (Å²) >= 11 is 0. The predicted octanol–water partition coefficient (Wildman–Crippen LogP) is 3.36. The summed E-state index contributed by atoms with van der Waals surface area (Å²) < 4.78 is 27.0. The molecule has 0 heterocycles. The number of hydrogen-bond donors (Lipinski definition) is 1. The normalized spacial score (nSPS) is 19.0. The molecule has 1 aliphatic rings. The van der Waals surface area contributed by atoms with Crippen LogP contribution in [0.3, 0.4) is 0 Å². The molecule has 2 aromatic rings. The van der Waals surface area contributed by atoms with Crippen molar-refractivity contribution in [1.29, 1.82) is 0 Å². The SMILES string of the molecule is CC1(C)CC1c1ccc(S(=O)(=O)NCC(=O)c2ccccc2)cc1. The molecule has 0 bridgehead atoms. The lowest BCUT2D eigenvalue weighted by Gasteiger charge is -2.08. The minimum Gasteiger partial charge on any atom is -0.293 e. The minimum atomic E-state index is -3.68. The van der Waals surface area contributed by atoms with Gasteiger partial charge in [-0.3, -0.25) is 4.79 Å². The molecule has 0 aliphatic heterocycles. The Labute approximate surface area is 143 Å². The molecular weight excluding hydrogens is 322 g/mol. The highest BCUT2D eigenvalue weighted by Crippen LogP contribution is 2.58. The first-order valence-electron chi connectivity index (χ1n) is 7.97. The highest BCUT2D eigenvalue weighted by molar-refractivity contribution is 7.89. The molecule has 0 aromatic heterocycles. The lowest BCUT2D eigenvalue weighted by molar-refractivity contribution is 0.0997. The average Bonchev–Trinajstić information content (AvgIpc) is 3.22. The fraction of sp³-hybridized carbons (Fsp3) is 0.316. The second-order valence-corrected chi connectivity index (χ2v) is 8.70. The fourth-order valence-electron chi connectivity index (χ4n) is 2.89. The Balaban J connectivity index is 1.66. The van der Waals surface area contributed by atoms with Crippen molar-refractivity contribution >= 4 is 15.8 Å². The summed E-state index contributed by atoms with van der Waals surface area (Å²) in [6, 6.07) is 15.6. The number of sulfonamides is 1. The molecule has 4 nitrogen and oxygen atoms in total. The van der Waals surface area contributed by atoms with E-state index in [0.29, 0.717) is 16.9 Å². The molecule has 1 saturated carbocycles. The van der Waals surface area contributed by atoms with Crippen molar-refractivity contribution < 1.29 is 13.2 Å². The second-order valence-electron chi connectivity index (χ2n) is 6.93. The predicted molar refractivity (Wildman–Crippen MR) is 93.5 cm³/mol. The van der Waals surface area contributed by atoms with Gasteiger partial charge < -0.3 is 0 Å². The van der Waals surface area contributed by atoms with E-state index < -0.39 is 10.0 Å². The van der Waals surface area contributed by atoms with Gasteiger partial charge in [-0.15, -0.1) is 0 Å². The summed E-state index contributed by atoms with van der Waals surface area (Å²) in [6.45, 7) is 4.17. The van der Waals surface area contributed by atoms with Gasteiger partial charge in [0.15, 0.2) is 5.78 Å². The summed E-state index contributed by atoms with van der Waals surface area (Å²) in [4.78, 5) is 12.2. The fourth-order valence-corrected chi connectivity index (χ4v) is 3.87. The lowest BCUT2D eigenvalue weighted by atomic mass is 10.0. The van der Waals surface area contributed by atoms with E-state index in [9.17, 15) is 13.2 Å². The van der Waals surface area contributed by atoms with Crippen LogP contribution in [0.15, 0.2) is 59.5 Å². The van der Waals surface area contributed by atoms with Gasteiger partial charge in [-0.2, -0.15) is 0 Å². The molecule has 0 radical (unpaired) electrons. The Hall–Kier alpha value is -1.98. The van der Waals surface area contributed by atoms with Crippen molar-refractivity contribution in [3.8, 4) is 0 Å². The number of benzene rings is 2. The van der Waals surface area contributed by atoms with Crippen LogP contribution in [0, 0.1) is 5.41 Å². The summed E-state index contributed by atoms with van der Waals surface area (Å²) in [5.41, 5.74) is 1.96. The van der Waals surface area contributed by atoms with Gasteiger partial charge >= 0.3 is 0 Å². The average molecular weight is 343 g/mol. The van der Waals surface area contributed by atoms with Crippen LogP contribution in [-0.4, -0.2) is 20.7 Å². The second kappa shape index (κ2) is 6.15. The molecule has 1 fully saturated rings. The van der Waals surface area contributed by atoms with Crippen molar-refractivity contribution in [3.05, 3.63) is 65.7 Å². The maximum Gasteiger partial charge on any atom is 0.240 e. The van der Waals surface area contributed by atoms with Crippen LogP contribution in [0.5, 0.6) is 0 Å². The number of rotatable bonds is 6. The zero-order valence-corrected chi connectivity index (χ0v) is 14.6. The number of carbonyl (C=O) groups excluding carboxylic acids is 1. The molecule has 0 spiro atoms. The highest BCUT2D eigenvalue weighted by atomic mass is 32.2. The monoisotopic (exact) mass is 343 g/mol. The van der Waals surface area contributed by atoms with Gasteiger partial charge in [0.05, 0.1) is 11.4 Å². The van der Waals surface area contributed by atoms with Crippen LogP contribution in [-0.2, 0) is 10.0 Å². The summed E-state index contributed by atoms with van der Waals surface area (Å²) in [6.07, 6.45) is 1.13. The molecule has 1 N–H and O–H groups in total. The van der Waals surface area contributed by atoms with E-state index in [-0.39, 0.29) is 17.2 Å². The quantitative estimate of drug-likeness (QED) is 0.818. The summed E-state index contributed by atoms with van der Waals surface area (Å²) in [5, 5.41) is 0. The Morgan fingerprint density at radius 3 is 2.21 bits per heavy atom. The first kappa shape index (κ1) is 16.9. The lowest BCUT2D eigenvalue weighted by Crippen LogP contribution is -2.29. The Morgan fingerprint density at radius 2 is 1.67 bits per heavy atom. The zero-order valence-electron chi connectivity index (χ0n) is 13.8. The molecule has 1 atom stereocenters. The van der Waals surface area contributed by atoms with Crippen LogP contribution >= 0.6 is 0 Å². The van der Waals surface area contributed by atoms with Crippen molar-refractivity contribution in [2.24, 2.45) is 5.41 Å². The van der Waals surface area contributed by atoms with Gasteiger partial charge in [-0.05, 0) is 35.4 Å². The summed E-state index contributed by atoms with van der Waals surface area (Å²) in [5.74, 6) is 0.248. The molecule has 24 heavy (non-hydrogen) atoms. The highest BCUT2D eigenvalue weighted by Gasteiger charge is 2.46. The van der Waals surface area contributed by atoms with Gasteiger partial charge in [0.2, 0.25) is 10.0 Å². The number of carbonyl (C=O) groups is 1. The minimum absolute atomic E-state index is 0.186. The van der Waals surface area contributed by atoms with Gasteiger partial charge in [-0.25, -0.2) is 13.1 Å². The molecule has 1 aliphatic carbocycles. The Bertz CT molecular complexity index is 840. The molecule has 126 valence electrons. The molecule has 0 saturated heterocycles. The smallest absolute Gasteiger partial charge is 0.240 e. The largest absolute Gasteiger partial charge is 0.293 e. The van der Waals surface area contributed by atoms with E-state index in [1.54, 1.807) is 36.4 Å². The van der Waals surface area contributed by atoms with Gasteiger partial charge in [-0.1, -0.05) is 56.3 Å². The maximum atomic E-state index is 12.3. The number of ketones is 1. The van der Waals surface area contributed by atoms with Crippen molar-refractivity contribution in [3.63, 3.8) is 0 Å². The molecule has 3 rings (SSSR count). The van der Waals surface area contributed by atoms with Crippen LogP contribution in [0.1, 0.15) is 42.1 Å². The van der Waals surface area contributed by atoms with Crippen LogP contribution in [0.2, 0.25) is 0 Å². The third kappa shape index (κ3) is 3.57. The molecule has 2 aromatic carbocycles. The van der Waals surface area contributed by atoms with Gasteiger partial charge in [0.25, 0.3) is 0 Å². The van der Waals surface area contributed by atoms with E-state index in [1.807, 2.05) is 18.2 Å². The standard InChI is InChI=1S/C19H21NO3S/c1-19(2)12-17(19)14-8-10-16(11-9-14)24(22,23)20-13-18(21)15-6-4-3-5-7-15/h3-11,17,20H,12-13H2,1-2H3. The zero-order chi connectivity index (χ0) is 17.4. The van der Waals surface area contributed by atoms with Crippen molar-refractivity contribution in [2.45, 2.75) is 31.1 Å². The maximum absolute atomic E-state index is 12.3. The molecule has 5 heteroatoms. The van der Waals surface area contributed by atoms with E-state index in [0.717, 1.165) is 6.42 Å². The topological polar surface area (TPSA) is 63.2 Å². The third-order valence-corrected chi connectivity index (χ3v) is 6.04. The van der Waals surface area contributed by atoms with Crippen molar-refractivity contribution in [1.82, 2.24) is 4.72 Å². The van der Waals surface area contributed by atoms with E-state index in [2.05, 4.69) is 18.6 Å². The Morgan fingerprint density at radius 1 is 1.08 bits per heavy atom. The van der Waals surface area contributed by atoms with Crippen LogP contribution in [0.25, 0.3) is 0 Å². The Kier molecular flexibility index (Phi) is 4.32. The van der Waals surface area contributed by atoms with E-state index in [1.165, 1.54) is 5.56 Å². The van der Waals surface area contributed by atoms with Gasteiger partial charge in [0, 0.05) is 5.56 Å². The number of nitrogens with one attached hydrogen (secondary N) is 1. The van der Waals surface area contributed by atoms with Gasteiger partial charge in [0.1, 0.15) is 0 Å². The van der Waals surface area contributed by atoms with Crippen LogP contribution in [0.4, 0.5) is 0 Å². The molecule has 0 amide bonds. The molecule has 1 unspecified atom stereocenters. The van der Waals surface area contributed by atoms with Crippen molar-refractivity contribution in [2.75, 3.05) is 6.54 Å². The molecular formula is C19H21NO3S. The van der Waals surface area contributed by atoms with E-state index in [4.69, 9.17) is 0 Å². The first-order valence-corrected chi connectivity index (χ1v) is 9.46. The summed E-state index contributed by atoms with van der Waals surface area (Å²) in [7, 11) is -3.68. The third-order valence-electron chi connectivity index (χ3n) is 4.62. The first-order chi connectivity index (χ1) is 11.3. The van der Waals surface area contributed by atoms with Crippen LogP contribution < -0.4 is 4.72 Å².